The van der Waals surface area contributed by atoms with E-state index in [1.807, 2.05) is 0 Å². The molecule has 62 valence electrons. The van der Waals surface area contributed by atoms with Gasteiger partial charge in [0.1, 0.15) is 0 Å². The van der Waals surface area contributed by atoms with Crippen LogP contribution in [-0.2, 0) is 0 Å². The third kappa shape index (κ3) is 1.81. The van der Waals surface area contributed by atoms with Crippen LogP contribution < -0.4 is 5.32 Å². The van der Waals surface area contributed by atoms with E-state index in [4.69, 9.17) is 15.3 Å². The molecule has 4 nitrogen and oxygen atoms in total. The molecule has 0 unspecified atom stereocenters. The monoisotopic (exact) mass is 169 g/mol. The average molecular weight is 170 g/mol. The molecule has 0 aromatic carbocycles. The molecule has 3 atom stereocenters. The Morgan fingerprint density at radius 3 is 2.30 bits per heavy atom. The van der Waals surface area contributed by atoms with Gasteiger partial charge in [-0.25, -0.2) is 0 Å². The van der Waals surface area contributed by atoms with Crippen molar-refractivity contribution < 1.29 is 15.3 Å². The Labute approximate surface area is 65.3 Å². The highest BCUT2D eigenvalue weighted by Crippen LogP contribution is 2.07. The normalized spacial score (nSPS) is 33.9. The molecular formula is C5H12ClNO3. The number of aliphatic hydroxyl groups is 3. The van der Waals surface area contributed by atoms with Crippen LogP contribution >= 0.6 is 12.4 Å². The van der Waals surface area contributed by atoms with Crippen LogP contribution in [0.2, 0.25) is 0 Å². The number of nitrogens with one attached hydrogen (secondary N) is 1. The number of aliphatic hydroxyl groups excluding tert-OH is 3. The third-order valence-corrected chi connectivity index (χ3v) is 1.58. The molecule has 0 bridgehead atoms. The molecule has 10 heavy (non-hydrogen) atoms. The highest BCUT2D eigenvalue weighted by atomic mass is 35.5. The minimum atomic E-state index is -0.825. The van der Waals surface area contributed by atoms with E-state index in [2.05, 4.69) is 5.32 Å². The van der Waals surface area contributed by atoms with Gasteiger partial charge in [0.05, 0.1) is 24.9 Å². The van der Waals surface area contributed by atoms with Gasteiger partial charge in [-0.2, -0.15) is 0 Å². The zero-order valence-electron chi connectivity index (χ0n) is 5.40. The first-order valence-corrected chi connectivity index (χ1v) is 2.96. The lowest BCUT2D eigenvalue weighted by atomic mass is 9.98. The fourth-order valence-corrected chi connectivity index (χ4v) is 0.865. The second-order valence-corrected chi connectivity index (χ2v) is 2.25. The van der Waals surface area contributed by atoms with Crippen LogP contribution in [0.25, 0.3) is 0 Å². The highest BCUT2D eigenvalue weighted by molar-refractivity contribution is 5.85. The molecule has 1 heterocycles. The fraction of sp³-hybridized carbons (Fsp3) is 1.00. The smallest absolute Gasteiger partial charge is 0.0949 e. The van der Waals surface area contributed by atoms with E-state index >= 15 is 0 Å². The van der Waals surface area contributed by atoms with Crippen LogP contribution in [0.3, 0.4) is 0 Å². The van der Waals surface area contributed by atoms with Gasteiger partial charge in [-0.1, -0.05) is 0 Å². The fourth-order valence-electron chi connectivity index (χ4n) is 0.865. The van der Waals surface area contributed by atoms with Gasteiger partial charge in [0, 0.05) is 6.54 Å². The van der Waals surface area contributed by atoms with Gasteiger partial charge in [-0.05, 0) is 0 Å². The molecule has 0 amide bonds. The number of rotatable bonds is 2. The minimum absolute atomic E-state index is 0. The van der Waals surface area contributed by atoms with Crippen molar-refractivity contribution in [1.29, 1.82) is 0 Å². The van der Waals surface area contributed by atoms with Gasteiger partial charge < -0.3 is 20.6 Å². The van der Waals surface area contributed by atoms with Gasteiger partial charge >= 0.3 is 0 Å². The van der Waals surface area contributed by atoms with Crippen molar-refractivity contribution in [3.8, 4) is 0 Å². The predicted octanol–water partition coefficient (Wildman–Crippen LogP) is -1.91. The summed E-state index contributed by atoms with van der Waals surface area (Å²) in [4.78, 5) is 0. The van der Waals surface area contributed by atoms with Gasteiger partial charge in [-0.15, -0.1) is 12.4 Å². The molecule has 0 aliphatic carbocycles. The summed E-state index contributed by atoms with van der Waals surface area (Å²) >= 11 is 0. The van der Waals surface area contributed by atoms with Crippen molar-refractivity contribution in [3.05, 3.63) is 0 Å². The Morgan fingerprint density at radius 1 is 1.60 bits per heavy atom. The van der Waals surface area contributed by atoms with E-state index < -0.39 is 12.2 Å². The quantitative estimate of drug-likeness (QED) is 0.390. The molecule has 0 aromatic heterocycles. The molecule has 0 aromatic rings. The molecule has 1 fully saturated rings. The molecule has 0 saturated carbocycles. The summed E-state index contributed by atoms with van der Waals surface area (Å²) < 4.78 is 0. The Morgan fingerprint density at radius 2 is 2.20 bits per heavy atom. The maximum Gasteiger partial charge on any atom is 0.0949 e. The summed E-state index contributed by atoms with van der Waals surface area (Å²) in [7, 11) is 0. The lowest BCUT2D eigenvalue weighted by molar-refractivity contribution is -0.0345. The van der Waals surface area contributed by atoms with Gasteiger partial charge in [0.2, 0.25) is 0 Å². The summed E-state index contributed by atoms with van der Waals surface area (Å²) in [5.74, 6) is 0. The second-order valence-electron chi connectivity index (χ2n) is 2.25. The van der Waals surface area contributed by atoms with E-state index in [1.54, 1.807) is 0 Å². The van der Waals surface area contributed by atoms with Crippen LogP contribution in [0.15, 0.2) is 0 Å². The van der Waals surface area contributed by atoms with Crippen LogP contribution in [-0.4, -0.2) is 46.7 Å². The van der Waals surface area contributed by atoms with Crippen LogP contribution in [0, 0.1) is 0 Å². The summed E-state index contributed by atoms with van der Waals surface area (Å²) in [6.07, 6.45) is -1.32. The van der Waals surface area contributed by atoms with Crippen LogP contribution in [0.1, 0.15) is 0 Å². The van der Waals surface area contributed by atoms with E-state index in [0.29, 0.717) is 6.54 Å². The molecule has 0 radical (unpaired) electrons. The largest absolute Gasteiger partial charge is 0.394 e. The number of β-amino-alcohol motifs (C(OH)–C–C–N with tert-alkyl or cyclic N) is 1. The molecule has 1 rings (SSSR count). The zero-order chi connectivity index (χ0) is 6.85. The molecule has 5 heteroatoms. The van der Waals surface area contributed by atoms with Crippen molar-refractivity contribution >= 4 is 12.4 Å². The minimum Gasteiger partial charge on any atom is -0.394 e. The van der Waals surface area contributed by atoms with Crippen molar-refractivity contribution in [3.63, 3.8) is 0 Å². The number of hydrogen-bond donors (Lipinski definition) is 4. The Bertz CT molecular complexity index is 103. The van der Waals surface area contributed by atoms with E-state index in [0.717, 1.165) is 0 Å². The molecule has 1 aliphatic rings. The predicted molar refractivity (Wildman–Crippen MR) is 38.1 cm³/mol. The van der Waals surface area contributed by atoms with Crippen molar-refractivity contribution in [2.24, 2.45) is 0 Å². The van der Waals surface area contributed by atoms with Crippen molar-refractivity contribution in [2.45, 2.75) is 18.2 Å². The molecule has 1 saturated heterocycles. The third-order valence-electron chi connectivity index (χ3n) is 1.58. The topological polar surface area (TPSA) is 72.7 Å². The van der Waals surface area contributed by atoms with E-state index in [9.17, 15) is 0 Å². The summed E-state index contributed by atoms with van der Waals surface area (Å²) in [6.45, 7) is 0.219. The van der Waals surface area contributed by atoms with Gasteiger partial charge in [0.25, 0.3) is 0 Å². The molecular weight excluding hydrogens is 158 g/mol. The molecule has 1 aliphatic heterocycles. The van der Waals surface area contributed by atoms with E-state index in [-0.39, 0.29) is 25.1 Å². The molecule has 4 N–H and O–H groups in total. The Balaban J connectivity index is 0.000000810. The first-order valence-electron chi connectivity index (χ1n) is 2.96. The van der Waals surface area contributed by atoms with Gasteiger partial charge in [-0.3, -0.25) is 0 Å². The zero-order valence-corrected chi connectivity index (χ0v) is 6.21. The number of hydrogen-bond acceptors (Lipinski definition) is 4. The average Bonchev–Trinajstić information content (AvgIpc) is 1.84. The standard InChI is InChI=1S/C5H11NO3.ClH/c7-2-4(9)5-3(8)1-6-5;/h3-9H,1-2H2;1H/t3-,4+,5+;/m0./s1. The van der Waals surface area contributed by atoms with E-state index in [1.165, 1.54) is 0 Å². The summed E-state index contributed by atoms with van der Waals surface area (Å²) in [6, 6.07) is -0.324. The Kier molecular flexibility index (Phi) is 4.15. The van der Waals surface area contributed by atoms with Gasteiger partial charge in [0.15, 0.2) is 0 Å². The Hall–Kier alpha value is 0.130. The maximum absolute atomic E-state index is 8.88. The maximum atomic E-state index is 8.88. The van der Waals surface area contributed by atoms with Crippen LogP contribution in [0.5, 0.6) is 0 Å². The second kappa shape index (κ2) is 4.10. The van der Waals surface area contributed by atoms with Crippen LogP contribution in [0.4, 0.5) is 0 Å². The lowest BCUT2D eigenvalue weighted by Gasteiger charge is -2.36. The highest BCUT2D eigenvalue weighted by Gasteiger charge is 2.33. The summed E-state index contributed by atoms with van der Waals surface area (Å²) in [5, 5.41) is 28.9. The summed E-state index contributed by atoms with van der Waals surface area (Å²) in [5.41, 5.74) is 0. The molecule has 0 spiro atoms. The van der Waals surface area contributed by atoms with Crippen molar-refractivity contribution in [1.82, 2.24) is 5.32 Å². The first-order chi connectivity index (χ1) is 4.25. The van der Waals surface area contributed by atoms with Crippen molar-refractivity contribution in [2.75, 3.05) is 13.2 Å². The first kappa shape index (κ1) is 10.1. The number of halogens is 1. The SMILES string of the molecule is Cl.OC[C@@H](O)[C@@H]1NC[C@@H]1O. The lowest BCUT2D eigenvalue weighted by Crippen LogP contribution is -2.63.